The molecule has 154 valence electrons. The van der Waals surface area contributed by atoms with Crippen LogP contribution >= 0.6 is 0 Å². The van der Waals surface area contributed by atoms with Crippen molar-refractivity contribution in [3.63, 3.8) is 0 Å². The van der Waals surface area contributed by atoms with Crippen molar-refractivity contribution in [2.24, 2.45) is 11.8 Å². The summed E-state index contributed by atoms with van der Waals surface area (Å²) in [6, 6.07) is 9.43. The van der Waals surface area contributed by atoms with Crippen LogP contribution in [0.4, 0.5) is 23.4 Å². The van der Waals surface area contributed by atoms with Gasteiger partial charge in [-0.3, -0.25) is 4.79 Å². The Balaban J connectivity index is 1.50. The number of nitrogens with zero attached hydrogens (tertiary/aromatic N) is 2. The lowest BCUT2D eigenvalue weighted by atomic mass is 9.86. The predicted molar refractivity (Wildman–Crippen MR) is 99.9 cm³/mol. The van der Waals surface area contributed by atoms with Gasteiger partial charge in [0, 0.05) is 30.1 Å². The van der Waals surface area contributed by atoms with E-state index in [1.165, 1.54) is 24.3 Å². The van der Waals surface area contributed by atoms with Gasteiger partial charge >= 0.3 is 6.18 Å². The number of alkyl halides is 3. The van der Waals surface area contributed by atoms with E-state index in [0.717, 1.165) is 18.9 Å². The zero-order chi connectivity index (χ0) is 20.8. The van der Waals surface area contributed by atoms with Gasteiger partial charge in [-0.05, 0) is 56.0 Å². The smallest absolute Gasteiger partial charge is 0.356 e. The van der Waals surface area contributed by atoms with Gasteiger partial charge in [-0.15, -0.1) is 0 Å². The van der Waals surface area contributed by atoms with Crippen molar-refractivity contribution in [2.45, 2.75) is 31.5 Å². The number of benzene rings is 1. The summed E-state index contributed by atoms with van der Waals surface area (Å²) in [5.74, 6) is -0.188. The normalized spacial score (nSPS) is 26.4. The average Bonchev–Trinajstić information content (AvgIpc) is 3.22. The standard InChI is InChI=1S/C21H21F4N3O/c1-20(27-19(29)13-4-2-5-15(22)10-13)9-8-14-11-28(12-16(14)20)18-7-3-6-17(26-18)21(23,24)25/h2-7,10,14,16H,8-9,11-12H2,1H3,(H,27,29)/t14-,16+,20+/m1/s1. The fourth-order valence-electron chi connectivity index (χ4n) is 4.62. The predicted octanol–water partition coefficient (Wildman–Crippen LogP) is 4.27. The number of rotatable bonds is 3. The summed E-state index contributed by atoms with van der Waals surface area (Å²) in [7, 11) is 0. The molecule has 1 aromatic carbocycles. The molecule has 4 rings (SSSR count). The molecule has 2 aromatic rings. The molecule has 1 saturated heterocycles. The van der Waals surface area contributed by atoms with Gasteiger partial charge in [0.15, 0.2) is 0 Å². The molecule has 0 radical (unpaired) electrons. The van der Waals surface area contributed by atoms with E-state index in [-0.39, 0.29) is 23.3 Å². The summed E-state index contributed by atoms with van der Waals surface area (Å²) in [5, 5.41) is 3.05. The van der Waals surface area contributed by atoms with E-state index in [0.29, 0.717) is 18.9 Å². The molecule has 4 nitrogen and oxygen atoms in total. The number of carbonyl (C=O) groups excluding carboxylic acids is 1. The molecule has 29 heavy (non-hydrogen) atoms. The van der Waals surface area contributed by atoms with Gasteiger partial charge in [-0.1, -0.05) is 12.1 Å². The molecule has 2 aliphatic rings. The molecule has 1 aliphatic carbocycles. The monoisotopic (exact) mass is 407 g/mol. The van der Waals surface area contributed by atoms with Gasteiger partial charge in [0.2, 0.25) is 0 Å². The van der Waals surface area contributed by atoms with Crippen LogP contribution < -0.4 is 10.2 Å². The van der Waals surface area contributed by atoms with Gasteiger partial charge < -0.3 is 10.2 Å². The number of hydrogen-bond donors (Lipinski definition) is 1. The molecular weight excluding hydrogens is 386 g/mol. The SMILES string of the molecule is C[C@]1(NC(=O)c2cccc(F)c2)CC[C@@H]2CN(c3cccc(C(F)(F)F)n3)C[C@@H]21. The number of nitrogens with one attached hydrogen (secondary N) is 1. The van der Waals surface area contributed by atoms with Crippen LogP contribution in [0.25, 0.3) is 0 Å². The van der Waals surface area contributed by atoms with Crippen LogP contribution in [0.2, 0.25) is 0 Å². The quantitative estimate of drug-likeness (QED) is 0.773. The van der Waals surface area contributed by atoms with Crippen LogP contribution in [0, 0.1) is 17.7 Å². The summed E-state index contributed by atoms with van der Waals surface area (Å²) in [5.41, 5.74) is -1.16. The number of pyridine rings is 1. The van der Waals surface area contributed by atoms with Crippen LogP contribution in [0.5, 0.6) is 0 Å². The first-order valence-corrected chi connectivity index (χ1v) is 9.53. The Hall–Kier alpha value is -2.64. The number of amides is 1. The molecule has 1 amide bonds. The lowest BCUT2D eigenvalue weighted by molar-refractivity contribution is -0.141. The van der Waals surface area contributed by atoms with Crippen molar-refractivity contribution in [3.8, 4) is 0 Å². The van der Waals surface area contributed by atoms with Crippen molar-refractivity contribution in [2.75, 3.05) is 18.0 Å². The van der Waals surface area contributed by atoms with E-state index < -0.39 is 23.2 Å². The molecule has 8 heteroatoms. The van der Waals surface area contributed by atoms with Crippen LogP contribution in [0.1, 0.15) is 35.8 Å². The van der Waals surface area contributed by atoms with E-state index in [9.17, 15) is 22.4 Å². The van der Waals surface area contributed by atoms with Crippen LogP contribution in [0.3, 0.4) is 0 Å². The van der Waals surface area contributed by atoms with Gasteiger partial charge in [-0.25, -0.2) is 9.37 Å². The van der Waals surface area contributed by atoms with E-state index in [2.05, 4.69) is 10.3 Å². The molecule has 1 aromatic heterocycles. The van der Waals surface area contributed by atoms with Gasteiger partial charge in [-0.2, -0.15) is 13.2 Å². The second kappa shape index (κ2) is 7.00. The minimum absolute atomic E-state index is 0.0800. The van der Waals surface area contributed by atoms with Crippen LogP contribution in [-0.2, 0) is 6.18 Å². The van der Waals surface area contributed by atoms with Gasteiger partial charge in [0.25, 0.3) is 5.91 Å². The first-order valence-electron chi connectivity index (χ1n) is 9.53. The highest BCUT2D eigenvalue weighted by Gasteiger charge is 2.51. The topological polar surface area (TPSA) is 45.2 Å². The third-order valence-electron chi connectivity index (χ3n) is 6.13. The number of halogens is 4. The summed E-state index contributed by atoms with van der Waals surface area (Å²) in [4.78, 5) is 18.3. The zero-order valence-corrected chi connectivity index (χ0v) is 15.8. The highest BCUT2D eigenvalue weighted by Crippen LogP contribution is 2.46. The molecule has 1 saturated carbocycles. The zero-order valence-electron chi connectivity index (χ0n) is 15.8. The number of hydrogen-bond acceptors (Lipinski definition) is 3. The van der Waals surface area contributed by atoms with Crippen molar-refractivity contribution in [3.05, 3.63) is 59.5 Å². The Kier molecular flexibility index (Phi) is 4.75. The Labute approximate surface area is 165 Å². The largest absolute Gasteiger partial charge is 0.433 e. The van der Waals surface area contributed by atoms with Crippen molar-refractivity contribution in [1.82, 2.24) is 10.3 Å². The first kappa shape index (κ1) is 19.7. The lowest BCUT2D eigenvalue weighted by Crippen LogP contribution is -2.50. The number of fused-ring (bicyclic) bond motifs is 1. The maximum Gasteiger partial charge on any atom is 0.433 e. The van der Waals surface area contributed by atoms with E-state index >= 15 is 0 Å². The minimum Gasteiger partial charge on any atom is -0.356 e. The minimum atomic E-state index is -4.49. The summed E-state index contributed by atoms with van der Waals surface area (Å²) < 4.78 is 52.4. The Morgan fingerprint density at radius 2 is 1.97 bits per heavy atom. The number of carbonyl (C=O) groups is 1. The molecule has 0 spiro atoms. The molecule has 0 unspecified atom stereocenters. The van der Waals surface area contributed by atoms with Crippen molar-refractivity contribution < 1.29 is 22.4 Å². The van der Waals surface area contributed by atoms with Crippen molar-refractivity contribution >= 4 is 11.7 Å². The average molecular weight is 407 g/mol. The second-order valence-corrected chi connectivity index (χ2v) is 8.07. The van der Waals surface area contributed by atoms with Gasteiger partial charge in [0.1, 0.15) is 17.3 Å². The molecular formula is C21H21F4N3O. The van der Waals surface area contributed by atoms with E-state index in [4.69, 9.17) is 0 Å². The summed E-state index contributed by atoms with van der Waals surface area (Å²) >= 11 is 0. The fraction of sp³-hybridized carbons (Fsp3) is 0.429. The molecule has 1 N–H and O–H groups in total. The fourth-order valence-corrected chi connectivity index (χ4v) is 4.62. The Bertz CT molecular complexity index is 932. The highest BCUT2D eigenvalue weighted by atomic mass is 19.4. The molecule has 1 aliphatic heterocycles. The summed E-state index contributed by atoms with van der Waals surface area (Å²) in [6.45, 7) is 3.07. The Morgan fingerprint density at radius 1 is 1.21 bits per heavy atom. The van der Waals surface area contributed by atoms with E-state index in [1.807, 2.05) is 11.8 Å². The number of aromatic nitrogens is 1. The third kappa shape index (κ3) is 3.80. The maximum absolute atomic E-state index is 13.4. The Morgan fingerprint density at radius 3 is 2.69 bits per heavy atom. The highest BCUT2D eigenvalue weighted by molar-refractivity contribution is 5.94. The summed E-state index contributed by atoms with van der Waals surface area (Å²) in [6.07, 6.45) is -2.85. The molecule has 2 fully saturated rings. The van der Waals surface area contributed by atoms with Crippen LogP contribution in [0.15, 0.2) is 42.5 Å². The first-order chi connectivity index (χ1) is 13.7. The maximum atomic E-state index is 13.4. The molecule has 0 bridgehead atoms. The van der Waals surface area contributed by atoms with E-state index in [1.54, 1.807) is 12.1 Å². The van der Waals surface area contributed by atoms with Gasteiger partial charge in [0.05, 0.1) is 0 Å². The van der Waals surface area contributed by atoms with Crippen LogP contribution in [-0.4, -0.2) is 29.5 Å². The number of anilines is 1. The third-order valence-corrected chi connectivity index (χ3v) is 6.13. The van der Waals surface area contributed by atoms with Crippen molar-refractivity contribution in [1.29, 1.82) is 0 Å². The lowest BCUT2D eigenvalue weighted by Gasteiger charge is -2.33. The molecule has 2 heterocycles. The molecule has 3 atom stereocenters. The second-order valence-electron chi connectivity index (χ2n) is 8.07.